The largest absolute Gasteiger partial charge is 0.455 e. The average molecular weight is 396 g/mol. The Bertz CT molecular complexity index is 703. The van der Waals surface area contributed by atoms with E-state index in [4.69, 9.17) is 4.74 Å². The van der Waals surface area contributed by atoms with Gasteiger partial charge in [0.1, 0.15) is 0 Å². The number of anilines is 1. The summed E-state index contributed by atoms with van der Waals surface area (Å²) in [5, 5.41) is 6.90. The maximum atomic E-state index is 11.8. The van der Waals surface area contributed by atoms with Gasteiger partial charge >= 0.3 is 12.0 Å². The highest BCUT2D eigenvalue weighted by atomic mass is 32.1. The van der Waals surface area contributed by atoms with Crippen LogP contribution in [0.2, 0.25) is 0 Å². The van der Waals surface area contributed by atoms with Gasteiger partial charge in [-0.05, 0) is 18.8 Å². The summed E-state index contributed by atoms with van der Waals surface area (Å²) >= 11 is 1.29. The van der Waals surface area contributed by atoms with Gasteiger partial charge in [-0.1, -0.05) is 13.8 Å². The number of rotatable bonds is 8. The zero-order valence-corrected chi connectivity index (χ0v) is 16.3. The lowest BCUT2D eigenvalue weighted by Crippen LogP contribution is -2.42. The maximum absolute atomic E-state index is 11.8. The van der Waals surface area contributed by atoms with E-state index in [1.54, 1.807) is 10.3 Å². The molecule has 1 aliphatic rings. The fraction of sp³-hybridized carbons (Fsp3) is 0.588. The summed E-state index contributed by atoms with van der Waals surface area (Å²) < 4.78 is 4.86. The molecule has 1 fully saturated rings. The minimum Gasteiger partial charge on any atom is -0.455 e. The van der Waals surface area contributed by atoms with E-state index >= 15 is 0 Å². The summed E-state index contributed by atoms with van der Waals surface area (Å²) in [5.41, 5.74) is 0.478. The number of aromatic nitrogens is 1. The van der Waals surface area contributed by atoms with Crippen molar-refractivity contribution in [2.24, 2.45) is 5.92 Å². The van der Waals surface area contributed by atoms with Crippen LogP contribution in [0.5, 0.6) is 0 Å². The smallest absolute Gasteiger partial charge is 0.321 e. The number of hydrogen-bond donors (Lipinski definition) is 2. The van der Waals surface area contributed by atoms with Crippen molar-refractivity contribution in [2.45, 2.75) is 39.5 Å². The Kier molecular flexibility index (Phi) is 7.71. The Hall–Kier alpha value is -2.49. The maximum Gasteiger partial charge on any atom is 0.321 e. The van der Waals surface area contributed by atoms with Crippen molar-refractivity contribution in [1.29, 1.82) is 0 Å². The molecule has 0 radical (unpaired) electrons. The van der Waals surface area contributed by atoms with E-state index in [-0.39, 0.29) is 12.3 Å². The Balaban J connectivity index is 1.68. The molecule has 10 heteroatoms. The van der Waals surface area contributed by atoms with Crippen LogP contribution in [0.3, 0.4) is 0 Å². The number of imide groups is 1. The SMILES string of the molecule is CC(C)CCNC(=O)NC(=O)COC(=O)Cc1csc(N2CCCC2=O)n1. The Morgan fingerprint density at radius 2 is 2.15 bits per heavy atom. The van der Waals surface area contributed by atoms with Gasteiger partial charge in [-0.25, -0.2) is 9.78 Å². The molecule has 0 saturated carbocycles. The standard InChI is InChI=1S/C17H24N4O5S/c1-11(2)5-6-18-16(25)20-13(22)9-26-15(24)8-12-10-27-17(19-12)21-7-3-4-14(21)23/h10-11H,3-9H2,1-2H3,(H2,18,20,22,25). The van der Waals surface area contributed by atoms with Gasteiger partial charge in [0, 0.05) is 24.9 Å². The molecule has 2 heterocycles. The number of urea groups is 1. The van der Waals surface area contributed by atoms with Crippen molar-refractivity contribution in [2.75, 3.05) is 24.6 Å². The second-order valence-corrected chi connectivity index (χ2v) is 7.43. The molecule has 2 N–H and O–H groups in total. The molecule has 1 saturated heterocycles. The van der Waals surface area contributed by atoms with Gasteiger partial charge in [0.15, 0.2) is 11.7 Å². The summed E-state index contributed by atoms with van der Waals surface area (Å²) in [5.74, 6) is -0.861. The number of esters is 1. The van der Waals surface area contributed by atoms with Crippen LogP contribution in [0.1, 0.15) is 38.8 Å². The summed E-state index contributed by atoms with van der Waals surface area (Å²) in [4.78, 5) is 52.5. The molecule has 1 aliphatic heterocycles. The lowest BCUT2D eigenvalue weighted by Gasteiger charge is -2.10. The van der Waals surface area contributed by atoms with E-state index in [0.29, 0.717) is 36.3 Å². The van der Waals surface area contributed by atoms with Crippen LogP contribution in [0.25, 0.3) is 0 Å². The third kappa shape index (κ3) is 6.97. The highest BCUT2D eigenvalue weighted by molar-refractivity contribution is 7.14. The Morgan fingerprint density at radius 1 is 1.37 bits per heavy atom. The molecule has 2 rings (SSSR count). The van der Waals surface area contributed by atoms with Crippen LogP contribution in [-0.4, -0.2) is 48.5 Å². The molecule has 1 aromatic heterocycles. The van der Waals surface area contributed by atoms with Gasteiger partial charge in [0.25, 0.3) is 5.91 Å². The van der Waals surface area contributed by atoms with Crippen LogP contribution >= 0.6 is 11.3 Å². The summed E-state index contributed by atoms with van der Waals surface area (Å²) in [7, 11) is 0. The first-order valence-electron chi connectivity index (χ1n) is 8.83. The molecule has 1 aromatic rings. The summed E-state index contributed by atoms with van der Waals surface area (Å²) in [6.45, 7) is 4.60. The fourth-order valence-corrected chi connectivity index (χ4v) is 3.25. The van der Waals surface area contributed by atoms with Crippen molar-refractivity contribution >= 4 is 40.3 Å². The first kappa shape index (κ1) is 20.8. The van der Waals surface area contributed by atoms with Gasteiger partial charge in [0.2, 0.25) is 5.91 Å². The second-order valence-electron chi connectivity index (χ2n) is 6.59. The number of carbonyl (C=O) groups excluding carboxylic acids is 4. The third-order valence-electron chi connectivity index (χ3n) is 3.79. The van der Waals surface area contributed by atoms with Crippen LogP contribution in [0.15, 0.2) is 5.38 Å². The molecule has 0 aliphatic carbocycles. The average Bonchev–Trinajstić information content (AvgIpc) is 3.21. The van der Waals surface area contributed by atoms with Gasteiger partial charge in [0.05, 0.1) is 12.1 Å². The molecule has 0 atom stereocenters. The van der Waals surface area contributed by atoms with Crippen LogP contribution < -0.4 is 15.5 Å². The van der Waals surface area contributed by atoms with Crippen LogP contribution in [0.4, 0.5) is 9.93 Å². The van der Waals surface area contributed by atoms with Gasteiger partial charge < -0.3 is 10.1 Å². The highest BCUT2D eigenvalue weighted by Gasteiger charge is 2.24. The lowest BCUT2D eigenvalue weighted by molar-refractivity contribution is -0.147. The molecule has 27 heavy (non-hydrogen) atoms. The van der Waals surface area contributed by atoms with Gasteiger partial charge in [-0.15, -0.1) is 11.3 Å². The van der Waals surface area contributed by atoms with Crippen molar-refractivity contribution < 1.29 is 23.9 Å². The molecular formula is C17H24N4O5S. The first-order valence-corrected chi connectivity index (χ1v) is 9.71. The number of carbonyl (C=O) groups is 4. The Labute approximate surface area is 161 Å². The van der Waals surface area contributed by atoms with Crippen molar-refractivity contribution in [3.05, 3.63) is 11.1 Å². The number of hydrogen-bond acceptors (Lipinski definition) is 7. The molecular weight excluding hydrogens is 372 g/mol. The van der Waals surface area contributed by atoms with E-state index in [1.807, 2.05) is 13.8 Å². The number of nitrogens with zero attached hydrogens (tertiary/aromatic N) is 2. The van der Waals surface area contributed by atoms with Crippen molar-refractivity contribution in [1.82, 2.24) is 15.6 Å². The Morgan fingerprint density at radius 3 is 2.81 bits per heavy atom. The van der Waals surface area contributed by atoms with E-state index < -0.39 is 24.5 Å². The minimum absolute atomic E-state index is 0.0295. The summed E-state index contributed by atoms with van der Waals surface area (Å²) in [6.07, 6.45) is 2.01. The van der Waals surface area contributed by atoms with Crippen LogP contribution in [0, 0.1) is 5.92 Å². The van der Waals surface area contributed by atoms with E-state index in [1.165, 1.54) is 11.3 Å². The summed E-state index contributed by atoms with van der Waals surface area (Å²) in [6, 6.07) is -0.615. The zero-order chi connectivity index (χ0) is 19.8. The molecule has 0 aromatic carbocycles. The molecule has 0 bridgehead atoms. The van der Waals surface area contributed by atoms with E-state index in [2.05, 4.69) is 15.6 Å². The number of ether oxygens (including phenoxy) is 1. The third-order valence-corrected chi connectivity index (χ3v) is 4.71. The molecule has 0 unspecified atom stereocenters. The predicted octanol–water partition coefficient (Wildman–Crippen LogP) is 1.23. The topological polar surface area (TPSA) is 118 Å². The lowest BCUT2D eigenvalue weighted by atomic mass is 10.1. The highest BCUT2D eigenvalue weighted by Crippen LogP contribution is 2.25. The first-order chi connectivity index (χ1) is 12.8. The van der Waals surface area contributed by atoms with E-state index in [9.17, 15) is 19.2 Å². The van der Waals surface area contributed by atoms with Crippen molar-refractivity contribution in [3.63, 3.8) is 0 Å². The van der Waals surface area contributed by atoms with E-state index in [0.717, 1.165) is 12.8 Å². The van der Waals surface area contributed by atoms with Gasteiger partial charge in [-0.2, -0.15) is 0 Å². The normalized spacial score (nSPS) is 13.7. The predicted molar refractivity (Wildman–Crippen MR) is 99.4 cm³/mol. The number of amides is 4. The molecule has 0 spiro atoms. The fourth-order valence-electron chi connectivity index (χ4n) is 2.38. The number of nitrogens with one attached hydrogen (secondary N) is 2. The van der Waals surface area contributed by atoms with Crippen molar-refractivity contribution in [3.8, 4) is 0 Å². The zero-order valence-electron chi connectivity index (χ0n) is 15.4. The monoisotopic (exact) mass is 396 g/mol. The molecule has 4 amide bonds. The molecule has 9 nitrogen and oxygen atoms in total. The quantitative estimate of drug-likeness (QED) is 0.638. The number of thiazole rings is 1. The minimum atomic E-state index is -0.702. The van der Waals surface area contributed by atoms with Gasteiger partial charge in [-0.3, -0.25) is 24.6 Å². The molecule has 148 valence electrons. The second kappa shape index (κ2) is 10.0. The van der Waals surface area contributed by atoms with Crippen LogP contribution in [-0.2, 0) is 25.5 Å².